The number of aliphatic hydroxyl groups is 1. The van der Waals surface area contributed by atoms with Gasteiger partial charge in [-0.05, 0) is 24.7 Å². The number of alkyl halides is 3. The molecule has 20 heavy (non-hydrogen) atoms. The zero-order valence-corrected chi connectivity index (χ0v) is 11.2. The maximum Gasteiger partial charge on any atom is 0.416 e. The zero-order chi connectivity index (χ0) is 15.3. The Hall–Kier alpha value is -1.60. The molecule has 1 aromatic carbocycles. The number of carbonyl (C=O) groups is 1. The molecule has 0 spiro atoms. The van der Waals surface area contributed by atoms with Crippen LogP contribution in [-0.4, -0.2) is 43.1 Å². The van der Waals surface area contributed by atoms with Crippen molar-refractivity contribution in [3.05, 3.63) is 35.4 Å². The number of hydrogen-bond donors (Lipinski definition) is 2. The molecular formula is C13H17F3N2O2. The quantitative estimate of drug-likeness (QED) is 0.862. The van der Waals surface area contributed by atoms with E-state index in [1.165, 1.54) is 24.1 Å². The molecule has 4 nitrogen and oxygen atoms in total. The summed E-state index contributed by atoms with van der Waals surface area (Å²) in [4.78, 5) is 12.7. The number of nitrogens with zero attached hydrogens (tertiary/aromatic N) is 1. The van der Waals surface area contributed by atoms with Gasteiger partial charge in [0.05, 0.1) is 18.2 Å². The molecule has 1 amide bonds. The van der Waals surface area contributed by atoms with Crippen molar-refractivity contribution in [2.45, 2.75) is 12.3 Å². The molecule has 0 aromatic heterocycles. The fraction of sp³-hybridized carbons (Fsp3) is 0.462. The van der Waals surface area contributed by atoms with Crippen molar-refractivity contribution in [3.8, 4) is 0 Å². The molecule has 112 valence electrons. The van der Waals surface area contributed by atoms with Crippen LogP contribution in [0.4, 0.5) is 13.2 Å². The SMILES string of the molecule is CNC(=O)CN(C)C[C@@H](O)c1cccc(C(F)(F)F)c1. The summed E-state index contributed by atoms with van der Waals surface area (Å²) in [7, 11) is 3.09. The second kappa shape index (κ2) is 6.71. The highest BCUT2D eigenvalue weighted by molar-refractivity contribution is 5.77. The molecule has 1 rings (SSSR count). The number of rotatable bonds is 5. The maximum absolute atomic E-state index is 12.6. The average molecular weight is 290 g/mol. The largest absolute Gasteiger partial charge is 0.416 e. The second-order valence-corrected chi connectivity index (χ2v) is 4.51. The summed E-state index contributed by atoms with van der Waals surface area (Å²) in [6, 6.07) is 4.54. The molecule has 0 aliphatic carbocycles. The fourth-order valence-corrected chi connectivity index (χ4v) is 1.71. The van der Waals surface area contributed by atoms with E-state index >= 15 is 0 Å². The zero-order valence-electron chi connectivity index (χ0n) is 11.2. The normalized spacial score (nSPS) is 13.3. The van der Waals surface area contributed by atoms with E-state index in [-0.39, 0.29) is 24.6 Å². The predicted molar refractivity (Wildman–Crippen MR) is 68.0 cm³/mol. The van der Waals surface area contributed by atoms with Gasteiger partial charge in [-0.15, -0.1) is 0 Å². The van der Waals surface area contributed by atoms with E-state index in [4.69, 9.17) is 0 Å². The van der Waals surface area contributed by atoms with E-state index in [0.29, 0.717) is 0 Å². The highest BCUT2D eigenvalue weighted by Gasteiger charge is 2.30. The van der Waals surface area contributed by atoms with Crippen molar-refractivity contribution >= 4 is 5.91 Å². The average Bonchev–Trinajstić information content (AvgIpc) is 2.37. The van der Waals surface area contributed by atoms with E-state index < -0.39 is 17.8 Å². The number of amides is 1. The maximum atomic E-state index is 12.6. The molecule has 7 heteroatoms. The van der Waals surface area contributed by atoms with Gasteiger partial charge in [-0.1, -0.05) is 12.1 Å². The summed E-state index contributed by atoms with van der Waals surface area (Å²) in [5.41, 5.74) is -0.633. The molecule has 1 aromatic rings. The Bertz CT molecular complexity index is 463. The van der Waals surface area contributed by atoms with E-state index in [1.807, 2.05) is 0 Å². The Kier molecular flexibility index (Phi) is 5.52. The summed E-state index contributed by atoms with van der Waals surface area (Å²) in [6.07, 6.45) is -5.53. The molecule has 0 heterocycles. The van der Waals surface area contributed by atoms with Gasteiger partial charge in [0.25, 0.3) is 0 Å². The van der Waals surface area contributed by atoms with Crippen LogP contribution >= 0.6 is 0 Å². The third-order valence-electron chi connectivity index (χ3n) is 2.78. The summed E-state index contributed by atoms with van der Waals surface area (Å²) in [5, 5.41) is 12.4. The van der Waals surface area contributed by atoms with Gasteiger partial charge in [0.1, 0.15) is 0 Å². The molecule has 2 N–H and O–H groups in total. The van der Waals surface area contributed by atoms with Crippen molar-refractivity contribution in [3.63, 3.8) is 0 Å². The lowest BCUT2D eigenvalue weighted by Gasteiger charge is -2.20. The van der Waals surface area contributed by atoms with Gasteiger partial charge in [0.15, 0.2) is 0 Å². The number of aliphatic hydroxyl groups excluding tert-OH is 1. The van der Waals surface area contributed by atoms with Gasteiger partial charge >= 0.3 is 6.18 Å². The molecule has 0 radical (unpaired) electrons. The number of hydrogen-bond acceptors (Lipinski definition) is 3. The molecule has 0 aliphatic heterocycles. The van der Waals surface area contributed by atoms with Crippen molar-refractivity contribution in [1.82, 2.24) is 10.2 Å². The number of likely N-dealkylation sites (N-methyl/N-ethyl adjacent to an activating group) is 2. The lowest BCUT2D eigenvalue weighted by molar-refractivity contribution is -0.137. The monoisotopic (exact) mass is 290 g/mol. The number of carbonyl (C=O) groups excluding carboxylic acids is 1. The van der Waals surface area contributed by atoms with Crippen LogP contribution in [0.25, 0.3) is 0 Å². The van der Waals surface area contributed by atoms with E-state index in [0.717, 1.165) is 12.1 Å². The molecule has 0 bridgehead atoms. The van der Waals surface area contributed by atoms with Gasteiger partial charge in [-0.3, -0.25) is 9.69 Å². The minimum atomic E-state index is -4.44. The Labute approximate surface area is 115 Å². The number of halogens is 3. The van der Waals surface area contributed by atoms with Gasteiger partial charge in [-0.25, -0.2) is 0 Å². The molecule has 0 aliphatic rings. The van der Waals surface area contributed by atoms with Crippen molar-refractivity contribution < 1.29 is 23.1 Å². The number of nitrogens with one attached hydrogen (secondary N) is 1. The summed E-state index contributed by atoms with van der Waals surface area (Å²) in [6.45, 7) is 0.126. The van der Waals surface area contributed by atoms with Crippen LogP contribution in [0.1, 0.15) is 17.2 Å². The Morgan fingerprint density at radius 3 is 2.65 bits per heavy atom. The van der Waals surface area contributed by atoms with Crippen LogP contribution in [0.15, 0.2) is 24.3 Å². The molecule has 0 unspecified atom stereocenters. The predicted octanol–water partition coefficient (Wildman–Crippen LogP) is 1.42. The number of benzene rings is 1. The lowest BCUT2D eigenvalue weighted by Crippen LogP contribution is -2.35. The summed E-state index contributed by atoms with van der Waals surface area (Å²) < 4.78 is 37.7. The second-order valence-electron chi connectivity index (χ2n) is 4.51. The summed E-state index contributed by atoms with van der Waals surface area (Å²) in [5.74, 6) is -0.233. The summed E-state index contributed by atoms with van der Waals surface area (Å²) >= 11 is 0. The highest BCUT2D eigenvalue weighted by atomic mass is 19.4. The molecule has 0 fully saturated rings. The molecule has 0 saturated carbocycles. The van der Waals surface area contributed by atoms with Crippen molar-refractivity contribution in [2.75, 3.05) is 27.2 Å². The van der Waals surface area contributed by atoms with Crippen molar-refractivity contribution in [1.29, 1.82) is 0 Å². The highest BCUT2D eigenvalue weighted by Crippen LogP contribution is 2.30. The Balaban J connectivity index is 2.72. The van der Waals surface area contributed by atoms with Gasteiger partial charge in [0.2, 0.25) is 5.91 Å². The Morgan fingerprint density at radius 2 is 2.10 bits per heavy atom. The minimum absolute atomic E-state index is 0.0620. The van der Waals surface area contributed by atoms with Crippen LogP contribution in [0.5, 0.6) is 0 Å². The first kappa shape index (κ1) is 16.5. The van der Waals surface area contributed by atoms with E-state index in [1.54, 1.807) is 7.05 Å². The third kappa shape index (κ3) is 4.82. The van der Waals surface area contributed by atoms with E-state index in [2.05, 4.69) is 5.32 Å². The van der Waals surface area contributed by atoms with Gasteiger partial charge in [0, 0.05) is 13.6 Å². The van der Waals surface area contributed by atoms with Crippen LogP contribution in [0.2, 0.25) is 0 Å². The van der Waals surface area contributed by atoms with Crippen LogP contribution in [0.3, 0.4) is 0 Å². The Morgan fingerprint density at radius 1 is 1.45 bits per heavy atom. The smallest absolute Gasteiger partial charge is 0.387 e. The van der Waals surface area contributed by atoms with Crippen LogP contribution < -0.4 is 5.32 Å². The van der Waals surface area contributed by atoms with Crippen LogP contribution in [-0.2, 0) is 11.0 Å². The van der Waals surface area contributed by atoms with Crippen molar-refractivity contribution in [2.24, 2.45) is 0 Å². The lowest BCUT2D eigenvalue weighted by atomic mass is 10.1. The van der Waals surface area contributed by atoms with Gasteiger partial charge in [-0.2, -0.15) is 13.2 Å². The van der Waals surface area contributed by atoms with Crippen LogP contribution in [0, 0.1) is 0 Å². The standard InChI is InChI=1S/C13H17F3N2O2/c1-17-12(20)8-18(2)7-11(19)9-4-3-5-10(6-9)13(14,15)16/h3-6,11,19H,7-8H2,1-2H3,(H,17,20)/t11-/m1/s1. The molecule has 1 atom stereocenters. The van der Waals surface area contributed by atoms with E-state index in [9.17, 15) is 23.1 Å². The molecule has 0 saturated heterocycles. The topological polar surface area (TPSA) is 52.6 Å². The first-order valence-electron chi connectivity index (χ1n) is 5.98. The molecular weight excluding hydrogens is 273 g/mol. The fourth-order valence-electron chi connectivity index (χ4n) is 1.71. The first-order valence-corrected chi connectivity index (χ1v) is 5.98. The minimum Gasteiger partial charge on any atom is -0.387 e. The third-order valence-corrected chi connectivity index (χ3v) is 2.78. The first-order chi connectivity index (χ1) is 9.24. The van der Waals surface area contributed by atoms with Gasteiger partial charge < -0.3 is 10.4 Å².